The van der Waals surface area contributed by atoms with E-state index in [9.17, 15) is 14.4 Å². The van der Waals surface area contributed by atoms with Gasteiger partial charge in [-0.25, -0.2) is 4.79 Å². The average molecular weight is 418 g/mol. The van der Waals surface area contributed by atoms with Crippen LogP contribution in [0.4, 0.5) is 5.69 Å². The number of esters is 1. The van der Waals surface area contributed by atoms with E-state index in [0.717, 1.165) is 16.3 Å². The minimum Gasteiger partial charge on any atom is -0.454 e. The van der Waals surface area contributed by atoms with Crippen LogP contribution in [0.5, 0.6) is 0 Å². The molecular weight excluding hydrogens is 392 g/mol. The van der Waals surface area contributed by atoms with Crippen LogP contribution in [0, 0.1) is 5.92 Å². The van der Waals surface area contributed by atoms with Crippen molar-refractivity contribution >= 4 is 34.2 Å². The molecule has 1 atom stereocenters. The van der Waals surface area contributed by atoms with Crippen LogP contribution in [0.25, 0.3) is 10.8 Å². The van der Waals surface area contributed by atoms with Crippen molar-refractivity contribution in [3.05, 3.63) is 78.4 Å². The first kappa shape index (κ1) is 22.0. The van der Waals surface area contributed by atoms with Crippen molar-refractivity contribution in [3.63, 3.8) is 0 Å². The zero-order valence-corrected chi connectivity index (χ0v) is 17.6. The lowest BCUT2D eigenvalue weighted by Crippen LogP contribution is -2.46. The second kappa shape index (κ2) is 10.4. The van der Waals surface area contributed by atoms with E-state index in [1.54, 1.807) is 6.07 Å². The molecule has 0 saturated heterocycles. The Morgan fingerprint density at radius 3 is 2.26 bits per heavy atom. The maximum Gasteiger partial charge on any atom is 0.329 e. The number of amides is 2. The summed E-state index contributed by atoms with van der Waals surface area (Å²) in [6.07, 6.45) is 0.166. The fourth-order valence-electron chi connectivity index (χ4n) is 3.25. The molecule has 0 radical (unpaired) electrons. The van der Waals surface area contributed by atoms with E-state index in [-0.39, 0.29) is 18.2 Å². The summed E-state index contributed by atoms with van der Waals surface area (Å²) in [7, 11) is 0. The van der Waals surface area contributed by atoms with Crippen LogP contribution in [0.15, 0.2) is 72.8 Å². The summed E-state index contributed by atoms with van der Waals surface area (Å²) < 4.78 is 5.20. The standard InChI is InChI=1S/C25H26N2O4/c1-17(2)24(27-22(28)15-18-9-4-3-5-10-18)25(30)31-16-23(29)26-21-14-8-12-19-11-6-7-13-20(19)21/h3-14,17,24H,15-16H2,1-2H3,(H,26,29)(H,27,28). The first-order valence-electron chi connectivity index (χ1n) is 10.2. The lowest BCUT2D eigenvalue weighted by Gasteiger charge is -2.21. The highest BCUT2D eigenvalue weighted by Crippen LogP contribution is 2.22. The molecule has 0 bridgehead atoms. The molecule has 6 heteroatoms. The zero-order valence-electron chi connectivity index (χ0n) is 17.6. The van der Waals surface area contributed by atoms with E-state index in [1.807, 2.05) is 80.6 Å². The minimum absolute atomic E-state index is 0.166. The third-order valence-corrected chi connectivity index (χ3v) is 4.85. The van der Waals surface area contributed by atoms with Gasteiger partial charge in [0.1, 0.15) is 6.04 Å². The Labute approximate surface area is 181 Å². The second-order valence-electron chi connectivity index (χ2n) is 7.63. The molecule has 6 nitrogen and oxygen atoms in total. The smallest absolute Gasteiger partial charge is 0.329 e. The van der Waals surface area contributed by atoms with Crippen LogP contribution in [0.3, 0.4) is 0 Å². The van der Waals surface area contributed by atoms with Gasteiger partial charge in [0.15, 0.2) is 6.61 Å². The summed E-state index contributed by atoms with van der Waals surface area (Å²) >= 11 is 0. The predicted octanol–water partition coefficient (Wildman–Crippen LogP) is 3.71. The van der Waals surface area contributed by atoms with Gasteiger partial charge in [0.05, 0.1) is 6.42 Å². The third-order valence-electron chi connectivity index (χ3n) is 4.85. The number of ether oxygens (including phenoxy) is 1. The highest BCUT2D eigenvalue weighted by atomic mass is 16.5. The van der Waals surface area contributed by atoms with Crippen LogP contribution < -0.4 is 10.6 Å². The molecule has 31 heavy (non-hydrogen) atoms. The largest absolute Gasteiger partial charge is 0.454 e. The molecule has 0 fully saturated rings. The van der Waals surface area contributed by atoms with E-state index in [2.05, 4.69) is 10.6 Å². The molecule has 0 aromatic heterocycles. The second-order valence-corrected chi connectivity index (χ2v) is 7.63. The number of carbonyl (C=O) groups is 3. The topological polar surface area (TPSA) is 84.5 Å². The van der Waals surface area contributed by atoms with E-state index >= 15 is 0 Å². The van der Waals surface area contributed by atoms with Gasteiger partial charge in [-0.1, -0.05) is 80.6 Å². The van der Waals surface area contributed by atoms with Crippen LogP contribution in [0.1, 0.15) is 19.4 Å². The number of carbonyl (C=O) groups excluding carboxylic acids is 3. The highest BCUT2D eigenvalue weighted by molar-refractivity contribution is 6.02. The van der Waals surface area contributed by atoms with Gasteiger partial charge in [-0.3, -0.25) is 9.59 Å². The molecule has 2 amide bonds. The van der Waals surface area contributed by atoms with Gasteiger partial charge in [-0.15, -0.1) is 0 Å². The Morgan fingerprint density at radius 2 is 1.52 bits per heavy atom. The van der Waals surface area contributed by atoms with Crippen molar-refractivity contribution in [2.75, 3.05) is 11.9 Å². The first-order valence-corrected chi connectivity index (χ1v) is 10.2. The molecule has 160 valence electrons. The number of fused-ring (bicyclic) bond motifs is 1. The summed E-state index contributed by atoms with van der Waals surface area (Å²) in [4.78, 5) is 37.2. The Balaban J connectivity index is 1.55. The predicted molar refractivity (Wildman–Crippen MR) is 120 cm³/mol. The maximum absolute atomic E-state index is 12.5. The molecule has 0 heterocycles. The molecule has 0 spiro atoms. The van der Waals surface area contributed by atoms with Crippen LogP contribution in [0.2, 0.25) is 0 Å². The van der Waals surface area contributed by atoms with Gasteiger partial charge in [-0.2, -0.15) is 0 Å². The number of hydrogen-bond donors (Lipinski definition) is 2. The Kier molecular flexibility index (Phi) is 7.38. The monoisotopic (exact) mass is 418 g/mol. The van der Waals surface area contributed by atoms with Gasteiger partial charge < -0.3 is 15.4 Å². The van der Waals surface area contributed by atoms with Crippen molar-refractivity contribution in [2.45, 2.75) is 26.3 Å². The molecule has 0 aliphatic rings. The molecule has 2 N–H and O–H groups in total. The molecule has 3 rings (SSSR count). The van der Waals surface area contributed by atoms with Crippen molar-refractivity contribution < 1.29 is 19.1 Å². The van der Waals surface area contributed by atoms with Crippen molar-refractivity contribution in [1.82, 2.24) is 5.32 Å². The average Bonchev–Trinajstić information content (AvgIpc) is 2.76. The number of hydrogen-bond acceptors (Lipinski definition) is 4. The summed E-state index contributed by atoms with van der Waals surface area (Å²) in [6, 6.07) is 21.7. The molecular formula is C25H26N2O4. The molecule has 0 aliphatic heterocycles. The number of nitrogens with one attached hydrogen (secondary N) is 2. The first-order chi connectivity index (χ1) is 14.9. The van der Waals surface area contributed by atoms with Crippen molar-refractivity contribution in [3.8, 4) is 0 Å². The van der Waals surface area contributed by atoms with Crippen LogP contribution >= 0.6 is 0 Å². The maximum atomic E-state index is 12.5. The lowest BCUT2D eigenvalue weighted by atomic mass is 10.0. The highest BCUT2D eigenvalue weighted by Gasteiger charge is 2.26. The van der Waals surface area contributed by atoms with Gasteiger partial charge >= 0.3 is 5.97 Å². The Bertz CT molecular complexity index is 1060. The number of rotatable bonds is 8. The fraction of sp³-hybridized carbons (Fsp3) is 0.240. The van der Waals surface area contributed by atoms with E-state index in [4.69, 9.17) is 4.74 Å². The van der Waals surface area contributed by atoms with Crippen LogP contribution in [-0.4, -0.2) is 30.4 Å². The van der Waals surface area contributed by atoms with E-state index < -0.39 is 24.5 Å². The number of anilines is 1. The normalized spacial score (nSPS) is 11.7. The third kappa shape index (κ3) is 6.15. The van der Waals surface area contributed by atoms with Crippen LogP contribution in [-0.2, 0) is 25.5 Å². The quantitative estimate of drug-likeness (QED) is 0.546. The van der Waals surface area contributed by atoms with Gasteiger partial charge in [0.25, 0.3) is 5.91 Å². The lowest BCUT2D eigenvalue weighted by molar-refractivity contribution is -0.151. The Morgan fingerprint density at radius 1 is 0.839 bits per heavy atom. The molecule has 1 unspecified atom stereocenters. The van der Waals surface area contributed by atoms with E-state index in [1.165, 1.54) is 0 Å². The summed E-state index contributed by atoms with van der Waals surface area (Å²) in [5, 5.41) is 7.39. The van der Waals surface area contributed by atoms with Crippen molar-refractivity contribution in [2.24, 2.45) is 5.92 Å². The molecule has 3 aromatic carbocycles. The number of benzene rings is 3. The SMILES string of the molecule is CC(C)C(NC(=O)Cc1ccccc1)C(=O)OCC(=O)Nc1cccc2ccccc12. The Hall–Kier alpha value is -3.67. The molecule has 0 saturated carbocycles. The van der Waals surface area contributed by atoms with Gasteiger partial charge in [0, 0.05) is 11.1 Å². The molecule has 0 aliphatic carbocycles. The van der Waals surface area contributed by atoms with E-state index in [0.29, 0.717) is 5.69 Å². The summed E-state index contributed by atoms with van der Waals surface area (Å²) in [5.74, 6) is -1.54. The summed E-state index contributed by atoms with van der Waals surface area (Å²) in [5.41, 5.74) is 1.50. The fourth-order valence-corrected chi connectivity index (χ4v) is 3.25. The zero-order chi connectivity index (χ0) is 22.2. The summed E-state index contributed by atoms with van der Waals surface area (Å²) in [6.45, 7) is 3.19. The van der Waals surface area contributed by atoms with Gasteiger partial charge in [0.2, 0.25) is 5.91 Å². The van der Waals surface area contributed by atoms with Gasteiger partial charge in [-0.05, 0) is 22.9 Å². The van der Waals surface area contributed by atoms with Crippen molar-refractivity contribution in [1.29, 1.82) is 0 Å². The minimum atomic E-state index is -0.832. The molecule has 3 aromatic rings.